The molecule has 2 aromatic carbocycles. The highest BCUT2D eigenvalue weighted by atomic mass is 35.5. The third-order valence-corrected chi connectivity index (χ3v) is 6.47. The molecule has 1 unspecified atom stereocenters. The molecule has 29 heavy (non-hydrogen) atoms. The molecule has 2 fully saturated rings. The molecule has 2 aliphatic heterocycles. The number of piperazine rings is 1. The van der Waals surface area contributed by atoms with E-state index in [-0.39, 0.29) is 17.7 Å². The Bertz CT molecular complexity index is 926. The molecular weight excluding hydrogens is 409 g/mol. The van der Waals surface area contributed by atoms with Gasteiger partial charge in [-0.2, -0.15) is 0 Å². The van der Waals surface area contributed by atoms with Gasteiger partial charge in [0, 0.05) is 44.2 Å². The molecule has 2 amide bonds. The number of hydrogen-bond donors (Lipinski definition) is 1. The van der Waals surface area contributed by atoms with Crippen molar-refractivity contribution in [1.29, 1.82) is 0 Å². The zero-order valence-corrected chi connectivity index (χ0v) is 17.5. The van der Waals surface area contributed by atoms with E-state index in [0.717, 1.165) is 54.6 Å². The summed E-state index contributed by atoms with van der Waals surface area (Å²) in [6.07, 6.45) is 0.844. The van der Waals surface area contributed by atoms with Gasteiger partial charge in [-0.1, -0.05) is 53.5 Å². The van der Waals surface area contributed by atoms with Crippen molar-refractivity contribution >= 4 is 40.7 Å². The van der Waals surface area contributed by atoms with Crippen LogP contribution in [-0.4, -0.2) is 42.9 Å². The van der Waals surface area contributed by atoms with Crippen LogP contribution in [0.15, 0.2) is 42.5 Å². The molecule has 1 atom stereocenters. The molecular formula is C22H23Cl2N3O2. The van der Waals surface area contributed by atoms with Gasteiger partial charge in [0.1, 0.15) is 0 Å². The fraction of sp³-hybridized carbons (Fsp3) is 0.364. The molecule has 4 rings (SSSR count). The number of hydrogen-bond acceptors (Lipinski definition) is 4. The molecule has 2 saturated heterocycles. The summed E-state index contributed by atoms with van der Waals surface area (Å²) in [6.45, 7) is 4.35. The number of halogens is 2. The summed E-state index contributed by atoms with van der Waals surface area (Å²) < 4.78 is 0. The molecule has 5 nitrogen and oxygen atoms in total. The van der Waals surface area contributed by atoms with Crippen molar-refractivity contribution < 1.29 is 9.59 Å². The zero-order valence-electron chi connectivity index (χ0n) is 16.0. The first-order chi connectivity index (χ1) is 14.0. The Morgan fingerprint density at radius 3 is 2.45 bits per heavy atom. The van der Waals surface area contributed by atoms with Crippen LogP contribution in [0.3, 0.4) is 0 Å². The molecule has 7 heteroatoms. The Kier molecular flexibility index (Phi) is 6.09. The van der Waals surface area contributed by atoms with E-state index in [1.54, 1.807) is 0 Å². The lowest BCUT2D eigenvalue weighted by Gasteiger charge is -2.37. The van der Waals surface area contributed by atoms with E-state index in [1.165, 1.54) is 0 Å². The van der Waals surface area contributed by atoms with Gasteiger partial charge in [-0.15, -0.1) is 0 Å². The van der Waals surface area contributed by atoms with Crippen LogP contribution in [0.25, 0.3) is 0 Å². The lowest BCUT2D eigenvalue weighted by molar-refractivity contribution is -0.134. The Balaban J connectivity index is 1.44. The maximum Gasteiger partial charge on any atom is 0.234 e. The van der Waals surface area contributed by atoms with Crippen LogP contribution in [-0.2, 0) is 16.1 Å². The van der Waals surface area contributed by atoms with Gasteiger partial charge in [0.2, 0.25) is 11.8 Å². The highest BCUT2D eigenvalue weighted by Crippen LogP contribution is 2.37. The Labute approximate surface area is 180 Å². The Hall–Kier alpha value is -2.08. The highest BCUT2D eigenvalue weighted by Gasteiger charge is 2.31. The second-order valence-electron chi connectivity index (χ2n) is 7.54. The van der Waals surface area contributed by atoms with Gasteiger partial charge < -0.3 is 4.90 Å². The average molecular weight is 432 g/mol. The van der Waals surface area contributed by atoms with Crippen molar-refractivity contribution in [1.82, 2.24) is 10.2 Å². The van der Waals surface area contributed by atoms with Crippen LogP contribution >= 0.6 is 23.2 Å². The van der Waals surface area contributed by atoms with Gasteiger partial charge in [-0.25, -0.2) is 0 Å². The van der Waals surface area contributed by atoms with Crippen molar-refractivity contribution in [3.05, 3.63) is 63.6 Å². The minimum atomic E-state index is -0.373. The molecule has 2 aromatic rings. The summed E-state index contributed by atoms with van der Waals surface area (Å²) in [5, 5.41) is 3.83. The predicted octanol–water partition coefficient (Wildman–Crippen LogP) is 3.84. The molecule has 2 heterocycles. The number of imide groups is 1. The number of amides is 2. The normalized spacial score (nSPS) is 20.6. The van der Waals surface area contributed by atoms with E-state index in [0.29, 0.717) is 17.9 Å². The minimum absolute atomic E-state index is 0.215. The van der Waals surface area contributed by atoms with E-state index < -0.39 is 0 Å². The maximum atomic E-state index is 12.3. The first kappa shape index (κ1) is 20.2. The van der Waals surface area contributed by atoms with E-state index in [2.05, 4.69) is 21.2 Å². The number of carbonyl (C=O) groups is 2. The molecule has 1 N–H and O–H groups in total. The summed E-state index contributed by atoms with van der Waals surface area (Å²) in [5.41, 5.74) is 2.89. The smallest absolute Gasteiger partial charge is 0.234 e. The van der Waals surface area contributed by atoms with E-state index >= 15 is 0 Å². The summed E-state index contributed by atoms with van der Waals surface area (Å²) >= 11 is 13.0. The molecule has 0 aromatic heterocycles. The molecule has 0 aliphatic carbocycles. The fourth-order valence-corrected chi connectivity index (χ4v) is 4.63. The van der Waals surface area contributed by atoms with Crippen molar-refractivity contribution in [2.75, 3.05) is 31.1 Å². The molecule has 0 radical (unpaired) electrons. The summed E-state index contributed by atoms with van der Waals surface area (Å²) in [4.78, 5) is 28.4. The molecule has 0 spiro atoms. The number of nitrogens with one attached hydrogen (secondary N) is 1. The molecule has 2 aliphatic rings. The Morgan fingerprint density at radius 2 is 1.72 bits per heavy atom. The molecule has 152 valence electrons. The average Bonchev–Trinajstić information content (AvgIpc) is 2.71. The highest BCUT2D eigenvalue weighted by molar-refractivity contribution is 6.34. The van der Waals surface area contributed by atoms with Crippen LogP contribution in [0.4, 0.5) is 5.69 Å². The van der Waals surface area contributed by atoms with Gasteiger partial charge in [0.05, 0.1) is 16.6 Å². The van der Waals surface area contributed by atoms with Crippen molar-refractivity contribution in [3.8, 4) is 0 Å². The van der Waals surface area contributed by atoms with Gasteiger partial charge in [-0.3, -0.25) is 19.8 Å². The van der Waals surface area contributed by atoms with Gasteiger partial charge >= 0.3 is 0 Å². The summed E-state index contributed by atoms with van der Waals surface area (Å²) in [6, 6.07) is 13.8. The van der Waals surface area contributed by atoms with Gasteiger partial charge in [0.25, 0.3) is 0 Å². The quantitative estimate of drug-likeness (QED) is 0.747. The minimum Gasteiger partial charge on any atom is -0.368 e. The number of rotatable bonds is 4. The second-order valence-corrected chi connectivity index (χ2v) is 8.32. The number of piperidine rings is 1. The van der Waals surface area contributed by atoms with Crippen LogP contribution in [0.2, 0.25) is 10.0 Å². The first-order valence-corrected chi connectivity index (χ1v) is 10.6. The van der Waals surface area contributed by atoms with E-state index in [4.69, 9.17) is 23.2 Å². The van der Waals surface area contributed by atoms with Crippen LogP contribution in [0.5, 0.6) is 0 Å². The zero-order chi connectivity index (χ0) is 20.4. The van der Waals surface area contributed by atoms with Crippen molar-refractivity contribution in [2.45, 2.75) is 25.3 Å². The SMILES string of the molecule is O=C1CCC(c2cccc(N3CCN(Cc4ccccc4Cl)CC3)c2Cl)C(=O)N1. The standard InChI is InChI=1S/C22H23Cl2N3O2/c23-18-6-2-1-4-15(18)14-26-10-12-27(13-11-26)19-7-3-5-16(21(19)24)17-8-9-20(28)25-22(17)29/h1-7,17H,8-14H2,(H,25,28,29). The largest absolute Gasteiger partial charge is 0.368 e. The van der Waals surface area contributed by atoms with Gasteiger partial charge in [-0.05, 0) is 29.7 Å². The van der Waals surface area contributed by atoms with Crippen LogP contribution in [0.1, 0.15) is 29.9 Å². The van der Waals surface area contributed by atoms with Crippen LogP contribution in [0, 0.1) is 0 Å². The number of carbonyl (C=O) groups excluding carboxylic acids is 2. The van der Waals surface area contributed by atoms with E-state index in [9.17, 15) is 9.59 Å². The van der Waals surface area contributed by atoms with Crippen molar-refractivity contribution in [3.63, 3.8) is 0 Å². The number of anilines is 1. The van der Waals surface area contributed by atoms with Crippen LogP contribution < -0.4 is 10.2 Å². The third kappa shape index (κ3) is 4.42. The van der Waals surface area contributed by atoms with Crippen molar-refractivity contribution in [2.24, 2.45) is 0 Å². The maximum absolute atomic E-state index is 12.3. The molecule has 0 bridgehead atoms. The molecule has 0 saturated carbocycles. The Morgan fingerprint density at radius 1 is 0.966 bits per heavy atom. The van der Waals surface area contributed by atoms with Gasteiger partial charge in [0.15, 0.2) is 0 Å². The number of nitrogens with zero attached hydrogens (tertiary/aromatic N) is 2. The van der Waals surface area contributed by atoms with E-state index in [1.807, 2.05) is 36.4 Å². The summed E-state index contributed by atoms with van der Waals surface area (Å²) in [7, 11) is 0. The monoisotopic (exact) mass is 431 g/mol. The first-order valence-electron chi connectivity index (χ1n) is 9.86. The second kappa shape index (κ2) is 8.74. The lowest BCUT2D eigenvalue weighted by Crippen LogP contribution is -2.46. The fourth-order valence-electron chi connectivity index (χ4n) is 4.06. The predicted molar refractivity (Wildman–Crippen MR) is 116 cm³/mol. The number of benzene rings is 2. The lowest BCUT2D eigenvalue weighted by atomic mass is 9.90. The summed E-state index contributed by atoms with van der Waals surface area (Å²) in [5.74, 6) is -0.848. The topological polar surface area (TPSA) is 52.7 Å². The third-order valence-electron chi connectivity index (χ3n) is 5.69.